The van der Waals surface area contributed by atoms with Gasteiger partial charge in [0.15, 0.2) is 28.9 Å². The van der Waals surface area contributed by atoms with Gasteiger partial charge in [0.05, 0.1) is 12.9 Å². The lowest BCUT2D eigenvalue weighted by atomic mass is 10.0. The van der Waals surface area contributed by atoms with Crippen LogP contribution in [0.2, 0.25) is 0 Å². The Labute approximate surface area is 194 Å². The van der Waals surface area contributed by atoms with E-state index in [0.29, 0.717) is 23.5 Å². The minimum Gasteiger partial charge on any atom is -0.410 e. The standard InChI is InChI=1S/C22H24N6O6/c1-4-23-19(29)15-16-22(10-31-15,34-21(2,3)33-16)28-12-26-14-17(24-11-25-18(14)28)27-20(30)32-13-8-6-5-7-9-13/h5-9,11-12,15-16H,4,10H2,1-3H3,(H,23,29)(H,24,25,27,30)/t15-,16?,22?/m0/s1. The number of carbonyl (C=O) groups excluding carboxylic acids is 2. The van der Waals surface area contributed by atoms with Crippen molar-refractivity contribution in [3.63, 3.8) is 0 Å². The summed E-state index contributed by atoms with van der Waals surface area (Å²) < 4.78 is 25.2. The molecule has 2 aliphatic rings. The highest BCUT2D eigenvalue weighted by Crippen LogP contribution is 2.47. The number of imidazole rings is 1. The molecular weight excluding hydrogens is 444 g/mol. The summed E-state index contributed by atoms with van der Waals surface area (Å²) >= 11 is 0. The molecular formula is C22H24N6O6. The maximum absolute atomic E-state index is 12.6. The summed E-state index contributed by atoms with van der Waals surface area (Å²) in [7, 11) is 0. The number of nitrogens with zero attached hydrogens (tertiary/aromatic N) is 4. The lowest BCUT2D eigenvalue weighted by molar-refractivity contribution is -0.205. The molecule has 4 heterocycles. The van der Waals surface area contributed by atoms with Gasteiger partial charge in [-0.1, -0.05) is 18.2 Å². The van der Waals surface area contributed by atoms with Crippen molar-refractivity contribution in [1.82, 2.24) is 24.8 Å². The summed E-state index contributed by atoms with van der Waals surface area (Å²) in [5, 5.41) is 5.37. The highest BCUT2D eigenvalue weighted by Gasteiger charge is 2.64. The van der Waals surface area contributed by atoms with Gasteiger partial charge >= 0.3 is 6.09 Å². The molecule has 2 amide bonds. The van der Waals surface area contributed by atoms with Crippen molar-refractivity contribution in [2.45, 2.75) is 44.5 Å². The third-order valence-electron chi connectivity index (χ3n) is 5.55. The Morgan fingerprint density at radius 2 is 2.00 bits per heavy atom. The Morgan fingerprint density at radius 3 is 2.76 bits per heavy atom. The van der Waals surface area contributed by atoms with Crippen LogP contribution < -0.4 is 15.4 Å². The van der Waals surface area contributed by atoms with E-state index in [1.807, 2.05) is 13.0 Å². The summed E-state index contributed by atoms with van der Waals surface area (Å²) in [4.78, 5) is 37.9. The first-order chi connectivity index (χ1) is 16.3. The fourth-order valence-corrected chi connectivity index (χ4v) is 4.28. The Morgan fingerprint density at radius 1 is 1.21 bits per heavy atom. The number of para-hydroxylation sites is 1. The number of nitrogens with one attached hydrogen (secondary N) is 2. The first-order valence-electron chi connectivity index (χ1n) is 10.8. The Kier molecular flexibility index (Phi) is 5.42. The number of rotatable bonds is 5. The van der Waals surface area contributed by atoms with E-state index in [2.05, 4.69) is 25.6 Å². The summed E-state index contributed by atoms with van der Waals surface area (Å²) in [6.45, 7) is 5.86. The minimum atomic E-state index is -1.19. The van der Waals surface area contributed by atoms with Crippen molar-refractivity contribution >= 4 is 29.0 Å². The van der Waals surface area contributed by atoms with Gasteiger partial charge in [0, 0.05) is 6.54 Å². The lowest BCUT2D eigenvalue weighted by Gasteiger charge is -2.28. The van der Waals surface area contributed by atoms with E-state index in [0.717, 1.165) is 0 Å². The van der Waals surface area contributed by atoms with Crippen molar-refractivity contribution in [2.75, 3.05) is 18.5 Å². The number of likely N-dealkylation sites (N-methyl/N-ethyl adjacent to an activating group) is 1. The van der Waals surface area contributed by atoms with Crippen LogP contribution in [-0.2, 0) is 24.7 Å². The zero-order chi connectivity index (χ0) is 23.9. The molecule has 3 aromatic rings. The number of hydrogen-bond acceptors (Lipinski definition) is 9. The van der Waals surface area contributed by atoms with E-state index in [4.69, 9.17) is 18.9 Å². The van der Waals surface area contributed by atoms with E-state index in [1.54, 1.807) is 42.7 Å². The molecule has 5 rings (SSSR count). The Bertz CT molecular complexity index is 1230. The van der Waals surface area contributed by atoms with Gasteiger partial charge < -0.3 is 24.3 Å². The average molecular weight is 468 g/mol. The van der Waals surface area contributed by atoms with Crippen LogP contribution in [-0.4, -0.2) is 62.7 Å². The van der Waals surface area contributed by atoms with Crippen molar-refractivity contribution in [3.8, 4) is 5.75 Å². The zero-order valence-corrected chi connectivity index (χ0v) is 18.8. The largest absolute Gasteiger partial charge is 0.418 e. The topological polar surface area (TPSA) is 139 Å². The summed E-state index contributed by atoms with van der Waals surface area (Å²) in [5.74, 6) is -0.727. The van der Waals surface area contributed by atoms with Gasteiger partial charge in [-0.3, -0.25) is 14.7 Å². The molecule has 2 saturated heterocycles. The summed E-state index contributed by atoms with van der Waals surface area (Å²) in [5.41, 5.74) is -0.503. The molecule has 0 saturated carbocycles. The van der Waals surface area contributed by atoms with Crippen LogP contribution in [0.3, 0.4) is 0 Å². The molecule has 1 aromatic carbocycles. The van der Waals surface area contributed by atoms with Crippen molar-refractivity contribution in [3.05, 3.63) is 43.0 Å². The number of anilines is 1. The van der Waals surface area contributed by atoms with Gasteiger partial charge in [-0.05, 0) is 32.9 Å². The molecule has 0 bridgehead atoms. The van der Waals surface area contributed by atoms with Crippen LogP contribution in [0, 0.1) is 0 Å². The number of hydrogen-bond donors (Lipinski definition) is 2. The predicted molar refractivity (Wildman–Crippen MR) is 118 cm³/mol. The molecule has 0 aliphatic carbocycles. The zero-order valence-electron chi connectivity index (χ0n) is 18.8. The van der Waals surface area contributed by atoms with Crippen LogP contribution in [0.15, 0.2) is 43.0 Å². The van der Waals surface area contributed by atoms with Gasteiger partial charge in [-0.2, -0.15) is 0 Å². The molecule has 2 N–H and O–H groups in total. The fraction of sp³-hybridized carbons (Fsp3) is 0.409. The second kappa shape index (κ2) is 8.31. The number of amides is 2. The lowest BCUT2D eigenvalue weighted by Crippen LogP contribution is -2.48. The third-order valence-corrected chi connectivity index (χ3v) is 5.55. The van der Waals surface area contributed by atoms with E-state index in [9.17, 15) is 9.59 Å². The predicted octanol–water partition coefficient (Wildman–Crippen LogP) is 1.78. The van der Waals surface area contributed by atoms with Gasteiger partial charge in [-0.15, -0.1) is 0 Å². The van der Waals surface area contributed by atoms with Crippen molar-refractivity contribution in [2.24, 2.45) is 0 Å². The molecule has 12 heteroatoms. The molecule has 2 fully saturated rings. The van der Waals surface area contributed by atoms with E-state index in [-0.39, 0.29) is 18.3 Å². The maximum atomic E-state index is 12.6. The Balaban J connectivity index is 1.47. The van der Waals surface area contributed by atoms with Crippen LogP contribution in [0.25, 0.3) is 11.2 Å². The number of aromatic nitrogens is 4. The van der Waals surface area contributed by atoms with Crippen LogP contribution in [0.4, 0.5) is 10.6 Å². The first kappa shape index (κ1) is 22.2. The Hall–Kier alpha value is -3.61. The first-order valence-corrected chi connectivity index (χ1v) is 10.8. The number of benzene rings is 1. The van der Waals surface area contributed by atoms with Crippen LogP contribution in [0.5, 0.6) is 5.75 Å². The van der Waals surface area contributed by atoms with E-state index < -0.39 is 29.8 Å². The van der Waals surface area contributed by atoms with E-state index in [1.165, 1.54) is 12.7 Å². The van der Waals surface area contributed by atoms with Gasteiger partial charge in [0.1, 0.15) is 18.2 Å². The molecule has 2 aromatic heterocycles. The highest BCUT2D eigenvalue weighted by atomic mass is 16.8. The average Bonchev–Trinajstić information content (AvgIpc) is 3.44. The third kappa shape index (κ3) is 3.75. The SMILES string of the molecule is CCNC(=O)[C@H]1OCC2(n3cnc4c(NC(=O)Oc5ccccc5)ncnc43)OC(C)(C)OC12. The second-order valence-corrected chi connectivity index (χ2v) is 8.35. The molecule has 3 atom stereocenters. The quantitative estimate of drug-likeness (QED) is 0.573. The molecule has 178 valence electrons. The molecule has 34 heavy (non-hydrogen) atoms. The van der Waals surface area contributed by atoms with Gasteiger partial charge in [0.2, 0.25) is 5.72 Å². The normalized spacial score (nSPS) is 25.1. The molecule has 0 radical (unpaired) electrons. The number of ether oxygens (including phenoxy) is 4. The number of fused-ring (bicyclic) bond motifs is 2. The van der Waals surface area contributed by atoms with Crippen molar-refractivity contribution < 1.29 is 28.5 Å². The van der Waals surface area contributed by atoms with Gasteiger partial charge in [0.25, 0.3) is 5.91 Å². The molecule has 12 nitrogen and oxygen atoms in total. The molecule has 2 unspecified atom stereocenters. The fourth-order valence-electron chi connectivity index (χ4n) is 4.28. The smallest absolute Gasteiger partial charge is 0.410 e. The summed E-state index contributed by atoms with van der Waals surface area (Å²) in [6.07, 6.45) is 0.454. The highest BCUT2D eigenvalue weighted by molar-refractivity contribution is 5.94. The van der Waals surface area contributed by atoms with E-state index >= 15 is 0 Å². The van der Waals surface area contributed by atoms with Crippen LogP contribution >= 0.6 is 0 Å². The molecule has 2 aliphatic heterocycles. The summed E-state index contributed by atoms with van der Waals surface area (Å²) in [6, 6.07) is 8.65. The second-order valence-electron chi connectivity index (χ2n) is 8.35. The molecule has 0 spiro atoms. The van der Waals surface area contributed by atoms with Crippen LogP contribution in [0.1, 0.15) is 20.8 Å². The minimum absolute atomic E-state index is 0.0389. The number of carbonyl (C=O) groups is 2. The van der Waals surface area contributed by atoms with Gasteiger partial charge in [-0.25, -0.2) is 19.7 Å². The maximum Gasteiger partial charge on any atom is 0.418 e. The monoisotopic (exact) mass is 468 g/mol. The van der Waals surface area contributed by atoms with Crippen molar-refractivity contribution in [1.29, 1.82) is 0 Å².